The monoisotopic (exact) mass is 277 g/mol. The summed E-state index contributed by atoms with van der Waals surface area (Å²) >= 11 is 0. The van der Waals surface area contributed by atoms with E-state index in [2.05, 4.69) is 28.0 Å². The summed E-state index contributed by atoms with van der Waals surface area (Å²) in [5.41, 5.74) is 8.62. The van der Waals surface area contributed by atoms with Crippen molar-refractivity contribution in [2.75, 3.05) is 32.7 Å². The predicted octanol–water partition coefficient (Wildman–Crippen LogP) is 0.762. The van der Waals surface area contributed by atoms with Crippen molar-refractivity contribution in [2.24, 2.45) is 12.8 Å². The van der Waals surface area contributed by atoms with E-state index >= 15 is 0 Å². The Morgan fingerprint density at radius 2 is 2.00 bits per heavy atom. The first-order chi connectivity index (χ1) is 9.72. The lowest BCUT2D eigenvalue weighted by atomic mass is 10.0. The van der Waals surface area contributed by atoms with Gasteiger partial charge in [-0.25, -0.2) is 0 Å². The normalized spacial score (nSPS) is 23.1. The van der Waals surface area contributed by atoms with E-state index in [1.165, 1.54) is 37.2 Å². The van der Waals surface area contributed by atoms with Crippen molar-refractivity contribution in [3.63, 3.8) is 0 Å². The van der Waals surface area contributed by atoms with Crippen molar-refractivity contribution in [2.45, 2.75) is 38.3 Å². The molecule has 1 aromatic rings. The number of piperazine rings is 1. The standard InChI is InChI=1S/C15H27N5/c1-3-14-13(11-18(2)17-14)15(10-16)20-8-6-19(7-9-20)12-4-5-12/h11-12,15H,3-10,16H2,1-2H3. The minimum Gasteiger partial charge on any atom is -0.329 e. The molecule has 2 aliphatic rings. The van der Waals surface area contributed by atoms with Crippen molar-refractivity contribution < 1.29 is 0 Å². The molecule has 2 N–H and O–H groups in total. The van der Waals surface area contributed by atoms with E-state index in [9.17, 15) is 0 Å². The molecule has 5 nitrogen and oxygen atoms in total. The lowest BCUT2D eigenvalue weighted by Crippen LogP contribution is -2.49. The fraction of sp³-hybridized carbons (Fsp3) is 0.800. The Labute approximate surface area is 121 Å². The summed E-state index contributed by atoms with van der Waals surface area (Å²) in [7, 11) is 2.00. The molecule has 0 bridgehead atoms. The summed E-state index contributed by atoms with van der Waals surface area (Å²) in [5.74, 6) is 0. The third kappa shape index (κ3) is 2.75. The maximum absolute atomic E-state index is 6.08. The van der Waals surface area contributed by atoms with Gasteiger partial charge < -0.3 is 5.73 Å². The minimum absolute atomic E-state index is 0.333. The molecule has 1 aliphatic carbocycles. The van der Waals surface area contributed by atoms with Crippen molar-refractivity contribution in [3.8, 4) is 0 Å². The van der Waals surface area contributed by atoms with Crippen LogP contribution in [0.15, 0.2) is 6.20 Å². The second-order valence-corrected chi connectivity index (χ2v) is 6.11. The van der Waals surface area contributed by atoms with Gasteiger partial charge in [0.15, 0.2) is 0 Å². The van der Waals surface area contributed by atoms with Crippen LogP contribution in [-0.4, -0.2) is 58.3 Å². The Bertz CT molecular complexity index is 443. The van der Waals surface area contributed by atoms with Gasteiger partial charge in [0, 0.05) is 57.6 Å². The fourth-order valence-electron chi connectivity index (χ4n) is 3.43. The largest absolute Gasteiger partial charge is 0.329 e. The zero-order valence-electron chi connectivity index (χ0n) is 12.8. The number of aryl methyl sites for hydroxylation is 2. The van der Waals surface area contributed by atoms with Gasteiger partial charge in [-0.3, -0.25) is 14.5 Å². The highest BCUT2D eigenvalue weighted by Gasteiger charge is 2.33. The molecule has 1 unspecified atom stereocenters. The third-order valence-corrected chi connectivity index (χ3v) is 4.71. The lowest BCUT2D eigenvalue weighted by molar-refractivity contribution is 0.0935. The van der Waals surface area contributed by atoms with Crippen LogP contribution in [0.5, 0.6) is 0 Å². The first-order valence-corrected chi connectivity index (χ1v) is 7.93. The molecule has 5 heteroatoms. The summed E-state index contributed by atoms with van der Waals surface area (Å²) < 4.78 is 1.93. The fourth-order valence-corrected chi connectivity index (χ4v) is 3.43. The van der Waals surface area contributed by atoms with Crippen LogP contribution in [0.3, 0.4) is 0 Å². The molecule has 2 fully saturated rings. The number of hydrogen-bond donors (Lipinski definition) is 1. The summed E-state index contributed by atoms with van der Waals surface area (Å²) in [5, 5.41) is 4.57. The smallest absolute Gasteiger partial charge is 0.0670 e. The molecular formula is C15H27N5. The molecule has 3 rings (SSSR count). The van der Waals surface area contributed by atoms with Crippen molar-refractivity contribution in [1.29, 1.82) is 0 Å². The Morgan fingerprint density at radius 1 is 1.30 bits per heavy atom. The zero-order valence-corrected chi connectivity index (χ0v) is 12.8. The van der Waals surface area contributed by atoms with E-state index in [1.54, 1.807) is 0 Å². The van der Waals surface area contributed by atoms with Crippen LogP contribution in [0.25, 0.3) is 0 Å². The van der Waals surface area contributed by atoms with E-state index in [-0.39, 0.29) is 0 Å². The van der Waals surface area contributed by atoms with Gasteiger partial charge in [0.05, 0.1) is 11.7 Å². The van der Waals surface area contributed by atoms with Gasteiger partial charge in [-0.1, -0.05) is 6.92 Å². The third-order valence-electron chi connectivity index (χ3n) is 4.71. The first-order valence-electron chi connectivity index (χ1n) is 7.93. The molecule has 1 atom stereocenters. The van der Waals surface area contributed by atoms with E-state index in [0.29, 0.717) is 12.6 Å². The van der Waals surface area contributed by atoms with E-state index < -0.39 is 0 Å². The average molecular weight is 277 g/mol. The van der Waals surface area contributed by atoms with Crippen LogP contribution >= 0.6 is 0 Å². The molecule has 0 amide bonds. The SMILES string of the molecule is CCc1nn(C)cc1C(CN)N1CCN(C2CC2)CC1. The summed E-state index contributed by atoms with van der Waals surface area (Å²) in [6.45, 7) is 7.52. The molecule has 0 aromatic carbocycles. The highest BCUT2D eigenvalue weighted by molar-refractivity contribution is 5.22. The van der Waals surface area contributed by atoms with Gasteiger partial charge in [0.2, 0.25) is 0 Å². The highest BCUT2D eigenvalue weighted by Crippen LogP contribution is 2.30. The molecule has 1 saturated heterocycles. The highest BCUT2D eigenvalue weighted by atomic mass is 15.3. The topological polar surface area (TPSA) is 50.3 Å². The van der Waals surface area contributed by atoms with Crippen LogP contribution in [0.2, 0.25) is 0 Å². The maximum atomic E-state index is 6.08. The summed E-state index contributed by atoms with van der Waals surface area (Å²) in [6, 6.07) is 1.22. The van der Waals surface area contributed by atoms with E-state index in [0.717, 1.165) is 25.6 Å². The van der Waals surface area contributed by atoms with Gasteiger partial charge >= 0.3 is 0 Å². The number of nitrogens with zero attached hydrogens (tertiary/aromatic N) is 4. The average Bonchev–Trinajstić information content (AvgIpc) is 3.24. The second-order valence-electron chi connectivity index (χ2n) is 6.11. The molecule has 1 aliphatic heterocycles. The van der Waals surface area contributed by atoms with Gasteiger partial charge in [-0.15, -0.1) is 0 Å². The maximum Gasteiger partial charge on any atom is 0.0670 e. The Balaban J connectivity index is 1.69. The van der Waals surface area contributed by atoms with Gasteiger partial charge in [0.1, 0.15) is 0 Å². The summed E-state index contributed by atoms with van der Waals surface area (Å²) in [6.07, 6.45) is 5.95. The quantitative estimate of drug-likeness (QED) is 0.863. The van der Waals surface area contributed by atoms with Gasteiger partial charge in [-0.05, 0) is 19.3 Å². The predicted molar refractivity (Wildman–Crippen MR) is 80.5 cm³/mol. The lowest BCUT2D eigenvalue weighted by Gasteiger charge is -2.39. The van der Waals surface area contributed by atoms with E-state index in [4.69, 9.17) is 5.73 Å². The van der Waals surface area contributed by atoms with Crippen LogP contribution in [0, 0.1) is 0 Å². The van der Waals surface area contributed by atoms with Crippen LogP contribution < -0.4 is 5.73 Å². The Morgan fingerprint density at radius 3 is 2.55 bits per heavy atom. The van der Waals surface area contributed by atoms with Crippen molar-refractivity contribution >= 4 is 0 Å². The Hall–Kier alpha value is -0.910. The number of hydrogen-bond acceptors (Lipinski definition) is 4. The molecule has 0 spiro atoms. The zero-order chi connectivity index (χ0) is 14.1. The Kier molecular flexibility index (Phi) is 4.10. The number of rotatable bonds is 5. The molecule has 0 radical (unpaired) electrons. The summed E-state index contributed by atoms with van der Waals surface area (Å²) in [4.78, 5) is 5.20. The number of aromatic nitrogens is 2. The number of nitrogens with two attached hydrogens (primary N) is 1. The molecule has 1 saturated carbocycles. The van der Waals surface area contributed by atoms with E-state index in [1.807, 2.05) is 11.7 Å². The van der Waals surface area contributed by atoms with Crippen LogP contribution in [0.4, 0.5) is 0 Å². The van der Waals surface area contributed by atoms with Crippen molar-refractivity contribution in [1.82, 2.24) is 19.6 Å². The van der Waals surface area contributed by atoms with Crippen molar-refractivity contribution in [3.05, 3.63) is 17.5 Å². The minimum atomic E-state index is 0.333. The van der Waals surface area contributed by atoms with Gasteiger partial charge in [-0.2, -0.15) is 5.10 Å². The molecule has 2 heterocycles. The second kappa shape index (κ2) is 5.84. The first kappa shape index (κ1) is 14.0. The van der Waals surface area contributed by atoms with Crippen LogP contribution in [0.1, 0.15) is 37.1 Å². The molecular weight excluding hydrogens is 250 g/mol. The molecule has 1 aromatic heterocycles. The molecule has 20 heavy (non-hydrogen) atoms. The van der Waals surface area contributed by atoms with Gasteiger partial charge in [0.25, 0.3) is 0 Å². The molecule has 112 valence electrons. The van der Waals surface area contributed by atoms with Crippen LogP contribution in [-0.2, 0) is 13.5 Å².